The lowest BCUT2D eigenvalue weighted by molar-refractivity contribution is -0.141. The van der Waals surface area contributed by atoms with Crippen LogP contribution in [0, 0.1) is 0 Å². The molecule has 70 valence electrons. The Morgan fingerprint density at radius 2 is 2.25 bits per heavy atom. The van der Waals surface area contributed by atoms with Crippen LogP contribution in [-0.4, -0.2) is 43.3 Å². The van der Waals surface area contributed by atoms with Crippen molar-refractivity contribution in [2.45, 2.75) is 6.04 Å². The first kappa shape index (κ1) is 10.9. The van der Waals surface area contributed by atoms with Crippen LogP contribution < -0.4 is 11.1 Å². The summed E-state index contributed by atoms with van der Waals surface area (Å²) in [5.41, 5.74) is 5.09. The van der Waals surface area contributed by atoms with Gasteiger partial charge in [-0.25, -0.2) is 0 Å². The van der Waals surface area contributed by atoms with Gasteiger partial charge in [-0.15, -0.1) is 0 Å². The number of nitrogens with two attached hydrogens (primary N) is 1. The normalized spacial score (nSPS) is 12.2. The fourth-order valence-electron chi connectivity index (χ4n) is 0.422. The predicted molar refractivity (Wildman–Crippen MR) is 40.5 cm³/mol. The number of nitrogens with one attached hydrogen (secondary N) is 1. The number of carbonyl (C=O) groups excluding carboxylic acids is 1. The molecular formula is C6H12N2O4. The number of carboxylic acids is 1. The summed E-state index contributed by atoms with van der Waals surface area (Å²) in [6.07, 6.45) is 0. The lowest BCUT2D eigenvalue weighted by atomic mass is 10.3. The summed E-state index contributed by atoms with van der Waals surface area (Å²) in [6, 6.07) is -1.07. The van der Waals surface area contributed by atoms with Gasteiger partial charge in [0.05, 0.1) is 6.61 Å². The zero-order valence-electron chi connectivity index (χ0n) is 6.74. The van der Waals surface area contributed by atoms with Gasteiger partial charge in [0.25, 0.3) is 0 Å². The molecule has 0 radical (unpaired) electrons. The van der Waals surface area contributed by atoms with E-state index in [0.29, 0.717) is 0 Å². The first-order valence-corrected chi connectivity index (χ1v) is 3.34. The summed E-state index contributed by atoms with van der Waals surface area (Å²) < 4.78 is 4.69. The molecule has 6 nitrogen and oxygen atoms in total. The van der Waals surface area contributed by atoms with Gasteiger partial charge in [-0.2, -0.15) is 0 Å². The monoisotopic (exact) mass is 176 g/mol. The van der Waals surface area contributed by atoms with Crippen LogP contribution in [0.15, 0.2) is 0 Å². The number of rotatable bonds is 5. The van der Waals surface area contributed by atoms with E-state index in [2.05, 4.69) is 5.32 Å². The van der Waals surface area contributed by atoms with Crippen LogP contribution in [0.4, 0.5) is 0 Å². The van der Waals surface area contributed by atoms with E-state index in [9.17, 15) is 9.59 Å². The molecule has 0 aliphatic heterocycles. The van der Waals surface area contributed by atoms with Gasteiger partial charge in [-0.05, 0) is 0 Å². The van der Waals surface area contributed by atoms with Gasteiger partial charge in [0.15, 0.2) is 0 Å². The SMILES string of the molecule is CNC(=O)COCC(N)C(=O)O. The van der Waals surface area contributed by atoms with Crippen molar-refractivity contribution in [1.29, 1.82) is 0 Å². The molecule has 12 heavy (non-hydrogen) atoms. The Morgan fingerprint density at radius 3 is 2.67 bits per heavy atom. The van der Waals surface area contributed by atoms with Crippen LogP contribution in [0.25, 0.3) is 0 Å². The molecule has 0 rings (SSSR count). The maximum Gasteiger partial charge on any atom is 0.322 e. The predicted octanol–water partition coefficient (Wildman–Crippen LogP) is -1.84. The zero-order chi connectivity index (χ0) is 9.56. The van der Waals surface area contributed by atoms with E-state index in [4.69, 9.17) is 15.6 Å². The Morgan fingerprint density at radius 1 is 1.67 bits per heavy atom. The number of likely N-dealkylation sites (N-methyl/N-ethyl adjacent to an activating group) is 1. The highest BCUT2D eigenvalue weighted by Gasteiger charge is 2.11. The molecule has 0 aromatic rings. The van der Waals surface area contributed by atoms with Crippen molar-refractivity contribution < 1.29 is 19.4 Å². The van der Waals surface area contributed by atoms with Crippen molar-refractivity contribution in [3.63, 3.8) is 0 Å². The van der Waals surface area contributed by atoms with E-state index in [0.717, 1.165) is 0 Å². The van der Waals surface area contributed by atoms with Crippen molar-refractivity contribution in [3.8, 4) is 0 Å². The number of hydrogen-bond donors (Lipinski definition) is 3. The minimum absolute atomic E-state index is 0.164. The second-order valence-electron chi connectivity index (χ2n) is 2.13. The molecule has 0 aromatic carbocycles. The third-order valence-corrected chi connectivity index (χ3v) is 1.13. The van der Waals surface area contributed by atoms with Gasteiger partial charge < -0.3 is 20.9 Å². The Balaban J connectivity index is 3.43. The topological polar surface area (TPSA) is 102 Å². The quantitative estimate of drug-likeness (QED) is 0.457. The van der Waals surface area contributed by atoms with E-state index < -0.39 is 12.0 Å². The summed E-state index contributed by atoms with van der Waals surface area (Å²) in [7, 11) is 1.46. The van der Waals surface area contributed by atoms with Crippen molar-refractivity contribution in [3.05, 3.63) is 0 Å². The Bertz CT molecular complexity index is 171. The average molecular weight is 176 g/mol. The molecule has 4 N–H and O–H groups in total. The van der Waals surface area contributed by atoms with Crippen molar-refractivity contribution in [2.75, 3.05) is 20.3 Å². The van der Waals surface area contributed by atoms with Gasteiger partial charge in [0.1, 0.15) is 12.6 Å². The summed E-state index contributed by atoms with van der Waals surface area (Å²) in [4.78, 5) is 20.7. The highest BCUT2D eigenvalue weighted by Crippen LogP contribution is 1.81. The molecule has 0 aliphatic rings. The summed E-state index contributed by atoms with van der Waals surface area (Å²) in [6.45, 7) is -0.333. The molecule has 0 fully saturated rings. The molecule has 1 unspecified atom stereocenters. The molecule has 0 aliphatic carbocycles. The van der Waals surface area contributed by atoms with Crippen LogP contribution in [-0.2, 0) is 14.3 Å². The average Bonchev–Trinajstić information content (AvgIpc) is 2.03. The maximum absolute atomic E-state index is 10.5. The van der Waals surface area contributed by atoms with Crippen molar-refractivity contribution in [2.24, 2.45) is 5.73 Å². The van der Waals surface area contributed by atoms with Gasteiger partial charge in [0, 0.05) is 7.05 Å². The molecule has 0 saturated carbocycles. The summed E-state index contributed by atoms with van der Waals surface area (Å²) in [5, 5.41) is 10.6. The smallest absolute Gasteiger partial charge is 0.322 e. The Labute approximate surface area is 69.7 Å². The molecule has 6 heteroatoms. The molecule has 1 atom stereocenters. The third kappa shape index (κ3) is 4.64. The lowest BCUT2D eigenvalue weighted by Crippen LogP contribution is -2.36. The van der Waals surface area contributed by atoms with Crippen LogP contribution in [0.2, 0.25) is 0 Å². The largest absolute Gasteiger partial charge is 0.480 e. The Hall–Kier alpha value is -1.14. The first-order chi connectivity index (χ1) is 5.57. The Kier molecular flexibility index (Phi) is 4.98. The number of carboxylic acid groups (broad SMARTS) is 1. The van der Waals surface area contributed by atoms with Gasteiger partial charge in [-0.3, -0.25) is 9.59 Å². The van der Waals surface area contributed by atoms with Crippen molar-refractivity contribution in [1.82, 2.24) is 5.32 Å². The lowest BCUT2D eigenvalue weighted by Gasteiger charge is -2.06. The molecule has 1 amide bonds. The van der Waals surface area contributed by atoms with E-state index in [1.165, 1.54) is 7.05 Å². The van der Waals surface area contributed by atoms with Gasteiger partial charge in [-0.1, -0.05) is 0 Å². The van der Waals surface area contributed by atoms with E-state index in [1.807, 2.05) is 0 Å². The number of carbonyl (C=O) groups is 2. The zero-order valence-corrected chi connectivity index (χ0v) is 6.74. The fourth-order valence-corrected chi connectivity index (χ4v) is 0.422. The molecule has 0 spiro atoms. The molecule has 0 heterocycles. The molecule has 0 bridgehead atoms. The highest BCUT2D eigenvalue weighted by atomic mass is 16.5. The second-order valence-corrected chi connectivity index (χ2v) is 2.13. The molecule has 0 saturated heterocycles. The fraction of sp³-hybridized carbons (Fsp3) is 0.667. The van der Waals surface area contributed by atoms with Crippen LogP contribution in [0.5, 0.6) is 0 Å². The number of aliphatic carboxylic acids is 1. The maximum atomic E-state index is 10.5. The number of hydrogen-bond acceptors (Lipinski definition) is 4. The first-order valence-electron chi connectivity index (χ1n) is 3.34. The van der Waals surface area contributed by atoms with Crippen LogP contribution in [0.1, 0.15) is 0 Å². The number of amides is 1. The van der Waals surface area contributed by atoms with Gasteiger partial charge >= 0.3 is 5.97 Å². The van der Waals surface area contributed by atoms with E-state index >= 15 is 0 Å². The van der Waals surface area contributed by atoms with Crippen molar-refractivity contribution >= 4 is 11.9 Å². The minimum Gasteiger partial charge on any atom is -0.480 e. The van der Waals surface area contributed by atoms with Crippen LogP contribution >= 0.6 is 0 Å². The summed E-state index contributed by atoms with van der Waals surface area (Å²) >= 11 is 0. The highest BCUT2D eigenvalue weighted by molar-refractivity contribution is 5.77. The second kappa shape index (κ2) is 5.50. The standard InChI is InChI=1S/C6H12N2O4/c1-8-5(9)3-12-2-4(7)6(10)11/h4H,2-3,7H2,1H3,(H,8,9)(H,10,11). The third-order valence-electron chi connectivity index (χ3n) is 1.13. The number of ether oxygens (including phenoxy) is 1. The van der Waals surface area contributed by atoms with Gasteiger partial charge in [0.2, 0.25) is 5.91 Å². The van der Waals surface area contributed by atoms with E-state index in [-0.39, 0.29) is 19.1 Å². The minimum atomic E-state index is -1.15. The summed E-state index contributed by atoms with van der Waals surface area (Å²) in [5.74, 6) is -1.46. The molecular weight excluding hydrogens is 164 g/mol. The van der Waals surface area contributed by atoms with E-state index in [1.54, 1.807) is 0 Å². The van der Waals surface area contributed by atoms with Crippen LogP contribution in [0.3, 0.4) is 0 Å². The molecule has 0 aromatic heterocycles.